The monoisotopic (exact) mass is 453 g/mol. The molecule has 3 heterocycles. The van der Waals surface area contributed by atoms with Crippen molar-refractivity contribution in [2.24, 2.45) is 5.73 Å². The van der Waals surface area contributed by atoms with Gasteiger partial charge in [0.25, 0.3) is 17.7 Å². The number of carbonyl (C=O) groups excluding carboxylic acids is 3. The van der Waals surface area contributed by atoms with E-state index in [9.17, 15) is 14.4 Å². The van der Waals surface area contributed by atoms with Gasteiger partial charge in [0.2, 0.25) is 0 Å². The summed E-state index contributed by atoms with van der Waals surface area (Å²) in [5, 5.41) is 7.28. The van der Waals surface area contributed by atoms with Gasteiger partial charge >= 0.3 is 0 Å². The zero-order chi connectivity index (χ0) is 24.3. The predicted octanol–water partition coefficient (Wildman–Crippen LogP) is 1.20. The first-order valence-corrected chi connectivity index (χ1v) is 10.0. The number of nitrogen functional groups attached to an aromatic ring is 1. The number of nitrogens with zero attached hydrogens (tertiary/aromatic N) is 3. The largest absolute Gasteiger partial charge is 0.397 e. The van der Waals surface area contributed by atoms with Crippen LogP contribution in [0, 0.1) is 5.41 Å². The summed E-state index contributed by atoms with van der Waals surface area (Å²) >= 11 is 0. The molecule has 174 valence electrons. The number of amides is 3. The molecule has 3 aromatic heterocycles. The summed E-state index contributed by atoms with van der Waals surface area (Å²) in [5.74, 6) is -0.938. The number of hydrogen-bond donors (Lipinski definition) is 6. The summed E-state index contributed by atoms with van der Waals surface area (Å²) in [6.45, 7) is 0.309. The van der Waals surface area contributed by atoms with E-state index in [1.54, 1.807) is 45.7 Å². The number of aromatic amines is 3. The average molecular weight is 454 g/mol. The number of carbonyl (C=O) groups is 3. The zero-order valence-corrected chi connectivity index (χ0v) is 18.6. The molecule has 0 aliphatic heterocycles. The molecule has 8 N–H and O–H groups in total. The minimum Gasteiger partial charge on any atom is -0.397 e. The van der Waals surface area contributed by atoms with Crippen LogP contribution >= 0.6 is 0 Å². The van der Waals surface area contributed by atoms with Crippen molar-refractivity contribution in [3.8, 4) is 0 Å². The normalized spacial score (nSPS) is 10.6. The Labute approximate surface area is 190 Å². The van der Waals surface area contributed by atoms with Gasteiger partial charge in [-0.3, -0.25) is 19.8 Å². The van der Waals surface area contributed by atoms with Crippen LogP contribution in [0.15, 0.2) is 36.8 Å². The van der Waals surface area contributed by atoms with E-state index in [-0.39, 0.29) is 35.7 Å². The van der Waals surface area contributed by atoms with Crippen molar-refractivity contribution >= 4 is 40.6 Å². The highest BCUT2D eigenvalue weighted by Gasteiger charge is 2.22. The van der Waals surface area contributed by atoms with Crippen molar-refractivity contribution < 1.29 is 14.4 Å². The summed E-state index contributed by atoms with van der Waals surface area (Å²) in [6.07, 6.45) is 4.91. The number of amidine groups is 1. The van der Waals surface area contributed by atoms with Gasteiger partial charge in [-0.25, -0.2) is 0 Å². The van der Waals surface area contributed by atoms with Crippen molar-refractivity contribution in [3.05, 3.63) is 53.9 Å². The van der Waals surface area contributed by atoms with Gasteiger partial charge in [-0.2, -0.15) is 0 Å². The number of nitrogens with two attached hydrogens (primary N) is 2. The lowest BCUT2D eigenvalue weighted by molar-refractivity contribution is 0.0793. The Kier molecular flexibility index (Phi) is 6.56. The molecule has 0 aliphatic rings. The minimum atomic E-state index is -0.353. The molecule has 0 spiro atoms. The molecular weight excluding hydrogens is 426 g/mol. The fourth-order valence-corrected chi connectivity index (χ4v) is 3.13. The lowest BCUT2D eigenvalue weighted by atomic mass is 10.3. The van der Waals surface area contributed by atoms with E-state index in [1.165, 1.54) is 27.0 Å². The molecule has 3 aromatic rings. The Morgan fingerprint density at radius 2 is 1.27 bits per heavy atom. The first-order chi connectivity index (χ1) is 15.6. The Hall–Kier alpha value is -4.48. The molecule has 0 unspecified atom stereocenters. The molecular formula is C21H27N9O3. The number of nitrogens with one attached hydrogen (secondary N) is 4. The predicted molar refractivity (Wildman–Crippen MR) is 126 cm³/mol. The quantitative estimate of drug-likeness (QED) is 0.221. The van der Waals surface area contributed by atoms with Crippen LogP contribution in [0.4, 0.5) is 17.1 Å². The van der Waals surface area contributed by atoms with E-state index in [0.29, 0.717) is 35.0 Å². The van der Waals surface area contributed by atoms with Crippen molar-refractivity contribution in [3.63, 3.8) is 0 Å². The molecule has 12 heteroatoms. The van der Waals surface area contributed by atoms with E-state index in [1.807, 2.05) is 0 Å². The summed E-state index contributed by atoms with van der Waals surface area (Å²) in [4.78, 5) is 50.8. The summed E-state index contributed by atoms with van der Waals surface area (Å²) < 4.78 is 0. The van der Waals surface area contributed by atoms with Crippen LogP contribution in [-0.4, -0.2) is 71.1 Å². The standard InChI is InChI=1S/C21H27N9O3/c1-28(5-4-18(23)24)19(31)16-7-13(10-26-16)30(3)21(33)17-8-14(11-27-17)29(2)20(32)15-6-12(22)9-25-15/h6-11,25-27H,4-5,22H2,1-3H3,(H3,23,24). The van der Waals surface area contributed by atoms with Gasteiger partial charge in [-0.05, 0) is 18.2 Å². The second-order valence-electron chi connectivity index (χ2n) is 7.62. The number of aromatic nitrogens is 3. The number of anilines is 3. The highest BCUT2D eigenvalue weighted by Crippen LogP contribution is 2.21. The molecule has 0 saturated carbocycles. The third-order valence-electron chi connectivity index (χ3n) is 5.18. The first kappa shape index (κ1) is 23.2. The van der Waals surface area contributed by atoms with Gasteiger partial charge in [-0.15, -0.1) is 0 Å². The fourth-order valence-electron chi connectivity index (χ4n) is 3.13. The molecule has 0 saturated heterocycles. The van der Waals surface area contributed by atoms with Gasteiger partial charge in [0.15, 0.2) is 0 Å². The second-order valence-corrected chi connectivity index (χ2v) is 7.62. The van der Waals surface area contributed by atoms with Crippen LogP contribution in [0.3, 0.4) is 0 Å². The highest BCUT2D eigenvalue weighted by molar-refractivity contribution is 6.08. The van der Waals surface area contributed by atoms with Gasteiger partial charge < -0.3 is 41.1 Å². The molecule has 0 aliphatic carbocycles. The molecule has 0 bridgehead atoms. The maximum Gasteiger partial charge on any atom is 0.274 e. The fraction of sp³-hybridized carbons (Fsp3) is 0.238. The third kappa shape index (κ3) is 5.06. The lowest BCUT2D eigenvalue weighted by Gasteiger charge is -2.16. The zero-order valence-electron chi connectivity index (χ0n) is 18.6. The van der Waals surface area contributed by atoms with Crippen LogP contribution in [0.1, 0.15) is 37.9 Å². The number of hydrogen-bond acceptors (Lipinski definition) is 5. The van der Waals surface area contributed by atoms with Crippen LogP contribution in [0.5, 0.6) is 0 Å². The van der Waals surface area contributed by atoms with Crippen molar-refractivity contribution in [1.29, 1.82) is 5.41 Å². The Morgan fingerprint density at radius 3 is 1.73 bits per heavy atom. The Morgan fingerprint density at radius 1 is 0.818 bits per heavy atom. The Bertz CT molecular complexity index is 1190. The molecule has 12 nitrogen and oxygen atoms in total. The van der Waals surface area contributed by atoms with E-state index >= 15 is 0 Å². The summed E-state index contributed by atoms with van der Waals surface area (Å²) in [6, 6.07) is 4.67. The maximum atomic E-state index is 12.9. The second kappa shape index (κ2) is 9.34. The van der Waals surface area contributed by atoms with E-state index in [2.05, 4.69) is 15.0 Å². The maximum absolute atomic E-state index is 12.9. The Balaban J connectivity index is 1.68. The minimum absolute atomic E-state index is 0.00171. The van der Waals surface area contributed by atoms with Crippen LogP contribution in [0.2, 0.25) is 0 Å². The average Bonchev–Trinajstić information content (AvgIpc) is 3.55. The van der Waals surface area contributed by atoms with E-state index < -0.39 is 0 Å². The molecule has 0 fully saturated rings. The molecule has 0 atom stereocenters. The van der Waals surface area contributed by atoms with Crippen molar-refractivity contribution in [1.82, 2.24) is 19.9 Å². The van der Waals surface area contributed by atoms with Gasteiger partial charge in [0, 0.05) is 58.4 Å². The van der Waals surface area contributed by atoms with E-state index in [4.69, 9.17) is 16.9 Å². The van der Waals surface area contributed by atoms with Gasteiger partial charge in [-0.1, -0.05) is 0 Å². The molecule has 3 rings (SSSR count). The van der Waals surface area contributed by atoms with Gasteiger partial charge in [0.1, 0.15) is 17.1 Å². The van der Waals surface area contributed by atoms with Crippen molar-refractivity contribution in [2.45, 2.75) is 6.42 Å². The SMILES string of the molecule is CN(CCC(=N)N)C(=O)c1cc(N(C)C(=O)c2cc(N(C)C(=O)c3cc(N)c[nH]3)c[nH]2)c[nH]1. The topological polar surface area (TPSA) is 184 Å². The summed E-state index contributed by atoms with van der Waals surface area (Å²) in [5.41, 5.74) is 13.3. The van der Waals surface area contributed by atoms with Crippen molar-refractivity contribution in [2.75, 3.05) is 43.2 Å². The summed E-state index contributed by atoms with van der Waals surface area (Å²) in [7, 11) is 4.78. The van der Waals surface area contributed by atoms with Gasteiger partial charge in [0.05, 0.1) is 17.2 Å². The van der Waals surface area contributed by atoms with Crippen LogP contribution < -0.4 is 21.3 Å². The lowest BCUT2D eigenvalue weighted by Crippen LogP contribution is -2.30. The van der Waals surface area contributed by atoms with Crippen LogP contribution in [-0.2, 0) is 0 Å². The molecule has 3 amide bonds. The van der Waals surface area contributed by atoms with Crippen LogP contribution in [0.25, 0.3) is 0 Å². The third-order valence-corrected chi connectivity index (χ3v) is 5.18. The molecule has 33 heavy (non-hydrogen) atoms. The highest BCUT2D eigenvalue weighted by atomic mass is 16.2. The molecule has 0 aromatic carbocycles. The number of H-pyrrole nitrogens is 3. The molecule has 0 radical (unpaired) electrons. The van der Waals surface area contributed by atoms with E-state index in [0.717, 1.165) is 0 Å². The number of rotatable bonds is 8. The smallest absolute Gasteiger partial charge is 0.274 e. The first-order valence-electron chi connectivity index (χ1n) is 10.0.